The molecule has 0 bridgehead atoms. The Labute approximate surface area is 189 Å². The molecule has 4 rings (SSSR count). The first-order chi connectivity index (χ1) is 15.4. The van der Waals surface area contributed by atoms with E-state index in [2.05, 4.69) is 0 Å². The second-order valence-corrected chi connectivity index (χ2v) is 8.39. The van der Waals surface area contributed by atoms with Crippen molar-refractivity contribution in [1.82, 2.24) is 0 Å². The fourth-order valence-electron chi connectivity index (χ4n) is 3.70. The molecule has 0 saturated carbocycles. The van der Waals surface area contributed by atoms with Crippen molar-refractivity contribution in [2.24, 2.45) is 0 Å². The Morgan fingerprint density at radius 3 is 1.38 bits per heavy atom. The van der Waals surface area contributed by atoms with Crippen molar-refractivity contribution in [1.29, 1.82) is 0 Å². The van der Waals surface area contributed by atoms with E-state index in [0.29, 0.717) is 16.7 Å². The van der Waals surface area contributed by atoms with E-state index >= 15 is 0 Å². The topological polar surface area (TPSA) is 34.1 Å². The summed E-state index contributed by atoms with van der Waals surface area (Å²) in [5.41, 5.74) is 8.49. The van der Waals surface area contributed by atoms with Gasteiger partial charge in [-0.05, 0) is 55.5 Å². The van der Waals surface area contributed by atoms with Crippen LogP contribution in [0.5, 0.6) is 0 Å². The van der Waals surface area contributed by atoms with E-state index < -0.39 is 0 Å². The lowest BCUT2D eigenvalue weighted by Gasteiger charge is -2.07. The molecule has 0 radical (unpaired) electrons. The third kappa shape index (κ3) is 4.76. The number of benzene rings is 4. The minimum Gasteiger partial charge on any atom is -0.289 e. The molecule has 32 heavy (non-hydrogen) atoms. The Morgan fingerprint density at radius 1 is 0.500 bits per heavy atom. The van der Waals surface area contributed by atoms with Gasteiger partial charge in [0.1, 0.15) is 0 Å². The Morgan fingerprint density at radius 2 is 0.906 bits per heavy atom. The summed E-state index contributed by atoms with van der Waals surface area (Å²) in [5, 5.41) is 0. The van der Waals surface area contributed by atoms with Gasteiger partial charge in [0.15, 0.2) is 11.6 Å². The summed E-state index contributed by atoms with van der Waals surface area (Å²) < 4.78 is 0. The molecule has 0 fully saturated rings. The van der Waals surface area contributed by atoms with E-state index in [9.17, 15) is 9.59 Å². The first-order valence-corrected chi connectivity index (χ1v) is 10.8. The van der Waals surface area contributed by atoms with E-state index in [-0.39, 0.29) is 11.6 Å². The van der Waals surface area contributed by atoms with Gasteiger partial charge >= 0.3 is 0 Å². The molecule has 0 aliphatic heterocycles. The molecule has 0 unspecified atom stereocenters. The molecule has 0 atom stereocenters. The Kier molecular flexibility index (Phi) is 6.13. The number of ketones is 2. The molecule has 0 spiro atoms. The molecule has 0 amide bonds. The number of hydrogen-bond donors (Lipinski definition) is 0. The maximum absolute atomic E-state index is 12.8. The molecule has 4 aromatic carbocycles. The second kappa shape index (κ2) is 9.15. The normalized spacial score (nSPS) is 10.7. The van der Waals surface area contributed by atoms with Crippen molar-refractivity contribution in [3.05, 3.63) is 141 Å². The number of rotatable bonds is 6. The molecule has 4 aromatic rings. The maximum atomic E-state index is 12.8. The fourth-order valence-corrected chi connectivity index (χ4v) is 3.70. The van der Waals surface area contributed by atoms with E-state index in [1.165, 1.54) is 5.56 Å². The van der Waals surface area contributed by atoms with Gasteiger partial charge in [-0.15, -0.1) is 0 Å². The van der Waals surface area contributed by atoms with Crippen molar-refractivity contribution < 1.29 is 9.59 Å². The predicted molar refractivity (Wildman–Crippen MR) is 130 cm³/mol. The van der Waals surface area contributed by atoms with Gasteiger partial charge in [0.05, 0.1) is 0 Å². The molecule has 158 valence electrons. The summed E-state index contributed by atoms with van der Waals surface area (Å²) in [4.78, 5) is 25.4. The third-order valence-electron chi connectivity index (χ3n) is 5.92. The smallest absolute Gasteiger partial charge is 0.193 e. The summed E-state index contributed by atoms with van der Waals surface area (Å²) in [6.45, 7) is 6.08. The summed E-state index contributed by atoms with van der Waals surface area (Å²) in [5.74, 6) is 0.0735. The summed E-state index contributed by atoms with van der Waals surface area (Å²) >= 11 is 0. The van der Waals surface area contributed by atoms with Crippen LogP contribution in [0.25, 0.3) is 0 Å². The molecule has 0 N–H and O–H groups in total. The van der Waals surface area contributed by atoms with Gasteiger partial charge in [0.2, 0.25) is 0 Å². The monoisotopic (exact) mass is 418 g/mol. The molecule has 0 aliphatic rings. The Balaban J connectivity index is 1.44. The van der Waals surface area contributed by atoms with Gasteiger partial charge < -0.3 is 0 Å². The fraction of sp³-hybridized carbons (Fsp3) is 0.133. The molecular weight excluding hydrogens is 392 g/mol. The van der Waals surface area contributed by atoms with E-state index in [1.54, 1.807) is 0 Å². The van der Waals surface area contributed by atoms with Gasteiger partial charge in [-0.2, -0.15) is 0 Å². The molecular formula is C30H26O2. The molecule has 2 heteroatoms. The first-order valence-electron chi connectivity index (χ1n) is 10.8. The average molecular weight is 419 g/mol. The van der Waals surface area contributed by atoms with Gasteiger partial charge in [0.25, 0.3) is 0 Å². The van der Waals surface area contributed by atoms with E-state index in [1.807, 2.05) is 112 Å². The molecule has 0 saturated heterocycles. The average Bonchev–Trinajstić information content (AvgIpc) is 2.81. The summed E-state index contributed by atoms with van der Waals surface area (Å²) in [6, 6.07) is 29.0. The van der Waals surface area contributed by atoms with Crippen LogP contribution in [-0.4, -0.2) is 11.6 Å². The van der Waals surface area contributed by atoms with E-state index in [4.69, 9.17) is 0 Å². The Bertz CT molecular complexity index is 1260. The van der Waals surface area contributed by atoms with Gasteiger partial charge in [-0.1, -0.05) is 90.5 Å². The standard InChI is InChI=1S/C30H26O2/c1-20-4-11-25(12-5-20)29(31)26-14-7-23(8-15-26)19-24-9-16-27(17-10-24)30(32)28-13-6-21(2)22(3)18-28/h4-18H,19H2,1-3H3. The lowest BCUT2D eigenvalue weighted by atomic mass is 9.96. The van der Waals surface area contributed by atoms with Crippen molar-refractivity contribution >= 4 is 11.6 Å². The molecule has 0 aromatic heterocycles. The third-order valence-corrected chi connectivity index (χ3v) is 5.92. The highest BCUT2D eigenvalue weighted by molar-refractivity contribution is 6.09. The van der Waals surface area contributed by atoms with Crippen molar-refractivity contribution in [3.8, 4) is 0 Å². The lowest BCUT2D eigenvalue weighted by molar-refractivity contribution is 0.103. The number of carbonyl (C=O) groups excluding carboxylic acids is 2. The van der Waals surface area contributed by atoms with Crippen LogP contribution in [0, 0.1) is 20.8 Å². The van der Waals surface area contributed by atoms with E-state index in [0.717, 1.165) is 34.2 Å². The van der Waals surface area contributed by atoms with Crippen molar-refractivity contribution in [3.63, 3.8) is 0 Å². The highest BCUT2D eigenvalue weighted by Gasteiger charge is 2.11. The number of hydrogen-bond acceptors (Lipinski definition) is 2. The largest absolute Gasteiger partial charge is 0.289 e. The van der Waals surface area contributed by atoms with Crippen molar-refractivity contribution in [2.75, 3.05) is 0 Å². The van der Waals surface area contributed by atoms with Crippen LogP contribution in [0.2, 0.25) is 0 Å². The zero-order valence-electron chi connectivity index (χ0n) is 18.7. The number of carbonyl (C=O) groups is 2. The zero-order valence-corrected chi connectivity index (χ0v) is 18.7. The Hall–Kier alpha value is -3.78. The lowest BCUT2D eigenvalue weighted by Crippen LogP contribution is -2.03. The van der Waals surface area contributed by atoms with Crippen molar-refractivity contribution in [2.45, 2.75) is 27.2 Å². The van der Waals surface area contributed by atoms with Crippen LogP contribution < -0.4 is 0 Å². The summed E-state index contributed by atoms with van der Waals surface area (Å²) in [7, 11) is 0. The van der Waals surface area contributed by atoms with Gasteiger partial charge in [-0.25, -0.2) is 0 Å². The summed E-state index contributed by atoms with van der Waals surface area (Å²) in [6.07, 6.45) is 0.747. The van der Waals surface area contributed by atoms with Crippen LogP contribution in [0.15, 0.2) is 91.0 Å². The first kappa shape index (κ1) is 21.5. The van der Waals surface area contributed by atoms with Crippen LogP contribution >= 0.6 is 0 Å². The predicted octanol–water partition coefficient (Wildman–Crippen LogP) is 6.66. The molecule has 0 aliphatic carbocycles. The minimum atomic E-state index is 0.0331. The second-order valence-electron chi connectivity index (χ2n) is 8.39. The van der Waals surface area contributed by atoms with Gasteiger partial charge in [0, 0.05) is 22.3 Å². The molecule has 0 heterocycles. The highest BCUT2D eigenvalue weighted by Crippen LogP contribution is 2.18. The van der Waals surface area contributed by atoms with Crippen LogP contribution in [-0.2, 0) is 6.42 Å². The van der Waals surface area contributed by atoms with Crippen LogP contribution in [0.1, 0.15) is 59.7 Å². The maximum Gasteiger partial charge on any atom is 0.193 e. The zero-order chi connectivity index (χ0) is 22.7. The highest BCUT2D eigenvalue weighted by atomic mass is 16.1. The van der Waals surface area contributed by atoms with Crippen LogP contribution in [0.4, 0.5) is 0 Å². The SMILES string of the molecule is Cc1ccc(C(=O)c2ccc(Cc3ccc(C(=O)c4ccc(C)c(C)c4)cc3)cc2)cc1. The van der Waals surface area contributed by atoms with Gasteiger partial charge in [-0.3, -0.25) is 9.59 Å². The quantitative estimate of drug-likeness (QED) is 0.328. The minimum absolute atomic E-state index is 0.0331. The number of aryl methyl sites for hydroxylation is 3. The van der Waals surface area contributed by atoms with Crippen LogP contribution in [0.3, 0.4) is 0 Å². The molecule has 2 nitrogen and oxygen atoms in total.